The van der Waals surface area contributed by atoms with Crippen molar-refractivity contribution in [1.29, 1.82) is 0 Å². The van der Waals surface area contributed by atoms with Gasteiger partial charge in [-0.05, 0) is 54.3 Å². The van der Waals surface area contributed by atoms with E-state index in [2.05, 4.69) is 77.9 Å². The second-order valence-corrected chi connectivity index (χ2v) is 8.82. The number of carbonyl (C=O) groups is 3. The van der Waals surface area contributed by atoms with Gasteiger partial charge in [0, 0.05) is 57.1 Å². The molecule has 8 heteroatoms. The van der Waals surface area contributed by atoms with Crippen LogP contribution in [0.3, 0.4) is 0 Å². The summed E-state index contributed by atoms with van der Waals surface area (Å²) in [5.41, 5.74) is 6.16. The predicted octanol–water partition coefficient (Wildman–Crippen LogP) is 3.45. The molecule has 4 rings (SSSR count). The van der Waals surface area contributed by atoms with Gasteiger partial charge >= 0.3 is 11.9 Å². The van der Waals surface area contributed by atoms with Gasteiger partial charge in [-0.15, -0.1) is 6.58 Å². The van der Waals surface area contributed by atoms with Crippen LogP contribution in [0, 0.1) is 6.92 Å². The third kappa shape index (κ3) is 7.29. The Morgan fingerprint density at radius 3 is 2.33 bits per heavy atom. The van der Waals surface area contributed by atoms with Gasteiger partial charge in [-0.3, -0.25) is 9.69 Å². The second-order valence-electron chi connectivity index (χ2n) is 8.82. The SMILES string of the molecule is C=CCN1C(=O)CCc2cc(/C=C/CN3CCN(c4cccc(C)c4)CC3)ccc21.O=C(O)C(=O)O. The largest absolute Gasteiger partial charge is 0.473 e. The van der Waals surface area contributed by atoms with Crippen molar-refractivity contribution in [3.05, 3.63) is 77.9 Å². The van der Waals surface area contributed by atoms with Crippen LogP contribution >= 0.6 is 0 Å². The quantitative estimate of drug-likeness (QED) is 0.471. The van der Waals surface area contributed by atoms with E-state index in [9.17, 15) is 4.79 Å². The van der Waals surface area contributed by atoms with E-state index < -0.39 is 11.9 Å². The minimum atomic E-state index is -1.82. The van der Waals surface area contributed by atoms with Gasteiger partial charge in [0.1, 0.15) is 0 Å². The van der Waals surface area contributed by atoms with Gasteiger partial charge < -0.3 is 20.0 Å². The predicted molar refractivity (Wildman–Crippen MR) is 141 cm³/mol. The Labute approximate surface area is 211 Å². The summed E-state index contributed by atoms with van der Waals surface area (Å²) < 4.78 is 0. The van der Waals surface area contributed by atoms with Crippen LogP contribution in [-0.2, 0) is 20.8 Å². The molecule has 1 saturated heterocycles. The molecule has 2 heterocycles. The highest BCUT2D eigenvalue weighted by atomic mass is 16.4. The fourth-order valence-corrected chi connectivity index (χ4v) is 4.36. The maximum Gasteiger partial charge on any atom is 0.414 e. The van der Waals surface area contributed by atoms with Gasteiger partial charge in [0.05, 0.1) is 0 Å². The highest BCUT2D eigenvalue weighted by molar-refractivity contribution is 6.27. The minimum absolute atomic E-state index is 0.190. The zero-order chi connectivity index (χ0) is 26.1. The monoisotopic (exact) mass is 491 g/mol. The van der Waals surface area contributed by atoms with Gasteiger partial charge in [-0.2, -0.15) is 0 Å². The van der Waals surface area contributed by atoms with Gasteiger partial charge in [0.25, 0.3) is 0 Å². The van der Waals surface area contributed by atoms with Gasteiger partial charge in [0.2, 0.25) is 5.91 Å². The van der Waals surface area contributed by atoms with Crippen LogP contribution in [0.2, 0.25) is 0 Å². The summed E-state index contributed by atoms with van der Waals surface area (Å²) in [5, 5.41) is 14.8. The smallest absolute Gasteiger partial charge is 0.414 e. The Morgan fingerprint density at radius 1 is 0.972 bits per heavy atom. The number of anilines is 2. The van der Waals surface area contributed by atoms with Crippen LogP contribution in [0.4, 0.5) is 11.4 Å². The number of benzene rings is 2. The molecule has 1 amide bonds. The van der Waals surface area contributed by atoms with Crippen molar-refractivity contribution in [2.24, 2.45) is 0 Å². The number of fused-ring (bicyclic) bond motifs is 1. The summed E-state index contributed by atoms with van der Waals surface area (Å²) in [5.74, 6) is -3.46. The summed E-state index contributed by atoms with van der Waals surface area (Å²) in [6.45, 7) is 11.8. The number of carboxylic acids is 2. The van der Waals surface area contributed by atoms with Crippen molar-refractivity contribution in [1.82, 2.24) is 4.90 Å². The van der Waals surface area contributed by atoms with Gasteiger partial charge in [-0.1, -0.05) is 36.4 Å². The van der Waals surface area contributed by atoms with Crippen molar-refractivity contribution in [3.8, 4) is 0 Å². The Morgan fingerprint density at radius 2 is 1.69 bits per heavy atom. The van der Waals surface area contributed by atoms with Crippen molar-refractivity contribution in [3.63, 3.8) is 0 Å². The van der Waals surface area contributed by atoms with Crippen LogP contribution in [0.25, 0.3) is 6.08 Å². The standard InChI is InChI=1S/C26H31N3O.C2H2O4/c1-3-13-29-25-11-9-22(20-23(25)10-12-26(29)30)7-5-14-27-15-17-28(18-16-27)24-8-4-6-21(2)19-24;3-1(4)2(5)6/h3-9,11,19-20H,1,10,12-18H2,2H3;(H,3,4)(H,5,6)/b7-5+;. The molecule has 8 nitrogen and oxygen atoms in total. The lowest BCUT2D eigenvalue weighted by molar-refractivity contribution is -0.159. The zero-order valence-corrected chi connectivity index (χ0v) is 20.6. The summed E-state index contributed by atoms with van der Waals surface area (Å²) >= 11 is 0. The van der Waals surface area contributed by atoms with Crippen molar-refractivity contribution < 1.29 is 24.6 Å². The average Bonchev–Trinajstić information content (AvgIpc) is 2.86. The molecule has 36 heavy (non-hydrogen) atoms. The lowest BCUT2D eigenvalue weighted by atomic mass is 9.98. The first-order valence-electron chi connectivity index (χ1n) is 12.0. The van der Waals surface area contributed by atoms with E-state index in [4.69, 9.17) is 19.8 Å². The number of carboxylic acid groups (broad SMARTS) is 2. The molecule has 2 aliphatic rings. The topological polar surface area (TPSA) is 101 Å². The zero-order valence-electron chi connectivity index (χ0n) is 20.6. The summed E-state index contributed by atoms with van der Waals surface area (Å²) in [6.07, 6.45) is 7.67. The summed E-state index contributed by atoms with van der Waals surface area (Å²) in [6, 6.07) is 15.2. The molecule has 0 bridgehead atoms. The van der Waals surface area contributed by atoms with Crippen molar-refractivity contribution in [2.75, 3.05) is 49.1 Å². The molecular formula is C28H33N3O5. The molecule has 1 fully saturated rings. The maximum absolute atomic E-state index is 12.2. The molecule has 0 spiro atoms. The van der Waals surface area contributed by atoms with Crippen LogP contribution < -0.4 is 9.80 Å². The molecule has 0 radical (unpaired) electrons. The first-order chi connectivity index (χ1) is 17.3. The van der Waals surface area contributed by atoms with Crippen LogP contribution in [0.5, 0.6) is 0 Å². The first kappa shape index (κ1) is 26.7. The molecule has 2 aromatic rings. The Hall–Kier alpha value is -3.91. The molecule has 0 aromatic heterocycles. The number of hydrogen-bond donors (Lipinski definition) is 2. The number of hydrogen-bond acceptors (Lipinski definition) is 5. The number of carbonyl (C=O) groups excluding carboxylic acids is 1. The number of amides is 1. The first-order valence-corrected chi connectivity index (χ1v) is 12.0. The van der Waals surface area contributed by atoms with E-state index in [-0.39, 0.29) is 5.91 Å². The van der Waals surface area contributed by atoms with E-state index in [1.54, 1.807) is 6.08 Å². The van der Waals surface area contributed by atoms with Gasteiger partial charge in [-0.25, -0.2) is 9.59 Å². The lowest BCUT2D eigenvalue weighted by Crippen LogP contribution is -2.46. The lowest BCUT2D eigenvalue weighted by Gasteiger charge is -2.35. The number of aliphatic carboxylic acids is 2. The number of nitrogens with zero attached hydrogens (tertiary/aromatic N) is 3. The Bertz CT molecular complexity index is 1120. The number of rotatable bonds is 6. The number of piperazine rings is 1. The Kier molecular flexibility index (Phi) is 9.41. The number of aryl methyl sites for hydroxylation is 2. The van der Waals surface area contributed by atoms with E-state index >= 15 is 0 Å². The van der Waals surface area contributed by atoms with E-state index in [0.29, 0.717) is 13.0 Å². The minimum Gasteiger partial charge on any atom is -0.473 e. The fourth-order valence-electron chi connectivity index (χ4n) is 4.36. The molecule has 2 aromatic carbocycles. The van der Waals surface area contributed by atoms with Crippen LogP contribution in [-0.4, -0.2) is 72.2 Å². The molecule has 0 unspecified atom stereocenters. The van der Waals surface area contributed by atoms with Crippen molar-refractivity contribution in [2.45, 2.75) is 19.8 Å². The second kappa shape index (κ2) is 12.7. The average molecular weight is 492 g/mol. The molecule has 0 atom stereocenters. The molecule has 2 N–H and O–H groups in total. The van der Waals surface area contributed by atoms with E-state index in [1.165, 1.54) is 22.4 Å². The summed E-state index contributed by atoms with van der Waals surface area (Å²) in [4.78, 5) is 37.2. The normalized spacial score (nSPS) is 15.8. The fraction of sp³-hybridized carbons (Fsp3) is 0.321. The molecule has 0 saturated carbocycles. The Balaban J connectivity index is 0.000000538. The van der Waals surface area contributed by atoms with Crippen LogP contribution in [0.15, 0.2) is 61.2 Å². The van der Waals surface area contributed by atoms with Crippen molar-refractivity contribution >= 4 is 35.3 Å². The molecule has 190 valence electrons. The molecule has 2 aliphatic heterocycles. The van der Waals surface area contributed by atoms with Gasteiger partial charge in [0.15, 0.2) is 0 Å². The molecule has 0 aliphatic carbocycles. The third-order valence-corrected chi connectivity index (χ3v) is 6.21. The summed E-state index contributed by atoms with van der Waals surface area (Å²) in [7, 11) is 0. The van der Waals surface area contributed by atoms with Crippen LogP contribution in [0.1, 0.15) is 23.1 Å². The third-order valence-electron chi connectivity index (χ3n) is 6.21. The van der Waals surface area contributed by atoms with E-state index in [1.807, 2.05) is 4.90 Å². The maximum atomic E-state index is 12.2. The molecular weight excluding hydrogens is 458 g/mol. The van der Waals surface area contributed by atoms with E-state index in [0.717, 1.165) is 44.8 Å². The highest BCUT2D eigenvalue weighted by Crippen LogP contribution is 2.29. The highest BCUT2D eigenvalue weighted by Gasteiger charge is 2.23.